The van der Waals surface area contributed by atoms with Crippen LogP contribution in [0.2, 0.25) is 0 Å². The zero-order valence-corrected chi connectivity index (χ0v) is 11.2. The van der Waals surface area contributed by atoms with Crippen LogP contribution < -0.4 is 0 Å². The molecular weight excluding hydrogens is 294 g/mol. The summed E-state index contributed by atoms with van der Waals surface area (Å²) in [5.74, 6) is -0.0452. The number of H-pyrrole nitrogens is 1. The summed E-state index contributed by atoms with van der Waals surface area (Å²) < 4.78 is 5.58. The molecule has 0 unspecified atom stereocenters. The summed E-state index contributed by atoms with van der Waals surface area (Å²) in [6.45, 7) is 2.00. The predicted molar refractivity (Wildman–Crippen MR) is 72.9 cm³/mol. The number of aryl methyl sites for hydroxylation is 1. The summed E-state index contributed by atoms with van der Waals surface area (Å²) in [6, 6.07) is 7.60. The quantitative estimate of drug-likeness (QED) is 0.726. The maximum absolute atomic E-state index is 12.4. The van der Waals surface area contributed by atoms with Crippen molar-refractivity contribution in [2.45, 2.75) is 6.92 Å². The third-order valence-corrected chi connectivity index (χ3v) is 3.64. The Balaban J connectivity index is 2.22. The number of furan rings is 1. The number of nitrogens with one attached hydrogen (secondary N) is 1. The fourth-order valence-corrected chi connectivity index (χ4v) is 2.57. The molecule has 90 valence electrons. The number of benzene rings is 1. The molecule has 0 radical (unpaired) electrons. The van der Waals surface area contributed by atoms with Gasteiger partial charge in [-0.05, 0) is 40.5 Å². The summed E-state index contributed by atoms with van der Waals surface area (Å²) >= 11 is 3.24. The third kappa shape index (κ3) is 1.61. The minimum absolute atomic E-state index is 0.0452. The molecule has 0 aliphatic heterocycles. The lowest BCUT2D eigenvalue weighted by Crippen LogP contribution is -1.99. The summed E-state index contributed by atoms with van der Waals surface area (Å²) in [6.07, 6.45) is 3.25. The second kappa shape index (κ2) is 4.14. The van der Waals surface area contributed by atoms with E-state index in [-0.39, 0.29) is 5.78 Å². The van der Waals surface area contributed by atoms with Crippen LogP contribution >= 0.6 is 15.9 Å². The lowest BCUT2D eigenvalue weighted by atomic mass is 10.0. The normalized spacial score (nSPS) is 11.0. The molecule has 3 aromatic rings. The number of carbonyl (C=O) groups excluding carboxylic acids is 1. The van der Waals surface area contributed by atoms with Gasteiger partial charge < -0.3 is 9.40 Å². The Bertz CT molecular complexity index is 739. The van der Waals surface area contributed by atoms with Crippen molar-refractivity contribution < 1.29 is 9.21 Å². The van der Waals surface area contributed by atoms with Crippen molar-refractivity contribution in [2.24, 2.45) is 0 Å². The van der Waals surface area contributed by atoms with Gasteiger partial charge in [-0.1, -0.05) is 12.1 Å². The average Bonchev–Trinajstić information content (AvgIpc) is 2.95. The van der Waals surface area contributed by atoms with Crippen molar-refractivity contribution >= 4 is 32.6 Å². The number of carbonyl (C=O) groups is 1. The van der Waals surface area contributed by atoms with Crippen LogP contribution in [-0.4, -0.2) is 10.8 Å². The maximum atomic E-state index is 12.4. The lowest BCUT2D eigenvalue weighted by molar-refractivity contribution is 0.103. The molecule has 0 saturated heterocycles. The van der Waals surface area contributed by atoms with Crippen LogP contribution in [0, 0.1) is 6.92 Å². The Hall–Kier alpha value is -1.81. The first kappa shape index (κ1) is 11.3. The van der Waals surface area contributed by atoms with Gasteiger partial charge in [0.2, 0.25) is 0 Å². The first-order valence-corrected chi connectivity index (χ1v) is 6.32. The van der Waals surface area contributed by atoms with Crippen LogP contribution in [0.3, 0.4) is 0 Å². The van der Waals surface area contributed by atoms with Gasteiger partial charge in [-0.3, -0.25) is 4.79 Å². The molecule has 0 atom stereocenters. The zero-order valence-electron chi connectivity index (χ0n) is 9.66. The second-order valence-corrected chi connectivity index (χ2v) is 4.86. The van der Waals surface area contributed by atoms with E-state index in [0.717, 1.165) is 16.5 Å². The van der Waals surface area contributed by atoms with Gasteiger partial charge in [0, 0.05) is 22.7 Å². The molecule has 0 aliphatic carbocycles. The van der Waals surface area contributed by atoms with Crippen molar-refractivity contribution in [3.8, 4) is 0 Å². The molecule has 0 saturated carbocycles. The van der Waals surface area contributed by atoms with Crippen LogP contribution in [0.25, 0.3) is 10.9 Å². The van der Waals surface area contributed by atoms with E-state index in [2.05, 4.69) is 20.9 Å². The Morgan fingerprint density at radius 1 is 1.28 bits per heavy atom. The monoisotopic (exact) mass is 303 g/mol. The largest absolute Gasteiger partial charge is 0.457 e. The van der Waals surface area contributed by atoms with Gasteiger partial charge in [-0.15, -0.1) is 0 Å². The highest BCUT2D eigenvalue weighted by Crippen LogP contribution is 2.27. The molecule has 2 heterocycles. The molecule has 18 heavy (non-hydrogen) atoms. The van der Waals surface area contributed by atoms with Gasteiger partial charge in [0.25, 0.3) is 0 Å². The molecule has 1 aromatic carbocycles. The van der Waals surface area contributed by atoms with Gasteiger partial charge in [0.1, 0.15) is 0 Å². The van der Waals surface area contributed by atoms with Crippen LogP contribution in [0.4, 0.5) is 0 Å². The fraction of sp³-hybridized carbons (Fsp3) is 0.0714. The lowest BCUT2D eigenvalue weighted by Gasteiger charge is -2.00. The minimum atomic E-state index is -0.0452. The van der Waals surface area contributed by atoms with E-state index in [0.29, 0.717) is 15.8 Å². The maximum Gasteiger partial charge on any atom is 0.199 e. The summed E-state index contributed by atoms with van der Waals surface area (Å²) in [5.41, 5.74) is 3.26. The number of fused-ring (bicyclic) bond motifs is 1. The Kier molecular flexibility index (Phi) is 2.59. The smallest absolute Gasteiger partial charge is 0.199 e. The highest BCUT2D eigenvalue weighted by atomic mass is 79.9. The van der Waals surface area contributed by atoms with Gasteiger partial charge >= 0.3 is 0 Å². The molecule has 3 rings (SSSR count). The number of hydrogen-bond donors (Lipinski definition) is 1. The van der Waals surface area contributed by atoms with Crippen molar-refractivity contribution in [2.75, 3.05) is 0 Å². The highest BCUT2D eigenvalue weighted by Gasteiger charge is 2.19. The third-order valence-electron chi connectivity index (χ3n) is 3.02. The molecule has 0 spiro atoms. The number of aromatic nitrogens is 1. The molecule has 0 aliphatic rings. The van der Waals surface area contributed by atoms with E-state index in [1.165, 1.54) is 6.26 Å². The fourth-order valence-electron chi connectivity index (χ4n) is 2.15. The Morgan fingerprint density at radius 2 is 2.11 bits per heavy atom. The average molecular weight is 304 g/mol. The Morgan fingerprint density at radius 3 is 2.83 bits per heavy atom. The van der Waals surface area contributed by atoms with E-state index >= 15 is 0 Å². The summed E-state index contributed by atoms with van der Waals surface area (Å²) in [7, 11) is 0. The van der Waals surface area contributed by atoms with Gasteiger partial charge in [0.05, 0.1) is 11.8 Å². The van der Waals surface area contributed by atoms with Crippen LogP contribution in [0.1, 0.15) is 21.5 Å². The SMILES string of the molecule is Cc1cccc2[nH]cc(C(=O)c3ccoc3Br)c12. The van der Waals surface area contributed by atoms with Crippen LogP contribution in [0.15, 0.2) is 45.8 Å². The Labute approximate surface area is 112 Å². The number of hydrogen-bond acceptors (Lipinski definition) is 2. The van der Waals surface area contributed by atoms with E-state index in [9.17, 15) is 4.79 Å². The van der Waals surface area contributed by atoms with Gasteiger partial charge in [0.15, 0.2) is 10.5 Å². The molecular formula is C14H10BrNO2. The molecule has 4 heteroatoms. The topological polar surface area (TPSA) is 46.0 Å². The first-order chi connectivity index (χ1) is 8.68. The van der Waals surface area contributed by atoms with Crippen molar-refractivity contribution in [3.63, 3.8) is 0 Å². The zero-order chi connectivity index (χ0) is 12.7. The minimum Gasteiger partial charge on any atom is -0.457 e. The number of aromatic amines is 1. The number of ketones is 1. The summed E-state index contributed by atoms with van der Waals surface area (Å²) in [5, 5.41) is 0.968. The van der Waals surface area contributed by atoms with E-state index < -0.39 is 0 Å². The molecule has 0 amide bonds. The predicted octanol–water partition coefficient (Wildman–Crippen LogP) is 4.06. The molecule has 1 N–H and O–H groups in total. The molecule has 3 nitrogen and oxygen atoms in total. The summed E-state index contributed by atoms with van der Waals surface area (Å²) in [4.78, 5) is 15.6. The molecule has 0 fully saturated rings. The van der Waals surface area contributed by atoms with Crippen molar-refractivity contribution in [3.05, 3.63) is 58.1 Å². The van der Waals surface area contributed by atoms with E-state index in [4.69, 9.17) is 4.42 Å². The van der Waals surface area contributed by atoms with Crippen molar-refractivity contribution in [1.29, 1.82) is 0 Å². The highest BCUT2D eigenvalue weighted by molar-refractivity contribution is 9.10. The van der Waals surface area contributed by atoms with Gasteiger partial charge in [-0.25, -0.2) is 0 Å². The van der Waals surface area contributed by atoms with Crippen molar-refractivity contribution in [1.82, 2.24) is 4.98 Å². The van der Waals surface area contributed by atoms with Gasteiger partial charge in [-0.2, -0.15) is 0 Å². The van der Waals surface area contributed by atoms with Crippen LogP contribution in [0.5, 0.6) is 0 Å². The van der Waals surface area contributed by atoms with E-state index in [1.807, 2.05) is 25.1 Å². The second-order valence-electron chi connectivity index (χ2n) is 4.14. The number of halogens is 1. The first-order valence-electron chi connectivity index (χ1n) is 5.53. The molecule has 2 aromatic heterocycles. The molecule has 0 bridgehead atoms. The van der Waals surface area contributed by atoms with E-state index in [1.54, 1.807) is 12.3 Å². The standard InChI is InChI=1S/C14H10BrNO2/c1-8-3-2-4-11-12(8)10(7-16-11)13(17)9-5-6-18-14(9)15/h2-7,16H,1H3. The van der Waals surface area contributed by atoms with Crippen LogP contribution in [-0.2, 0) is 0 Å². The number of rotatable bonds is 2.